The Labute approximate surface area is 226 Å². The maximum Gasteiger partial charge on any atom is 0.341 e. The lowest BCUT2D eigenvalue weighted by Gasteiger charge is -2.37. The molecular weight excluding hydrogens is 496 g/mol. The molecule has 9 heteroatoms. The summed E-state index contributed by atoms with van der Waals surface area (Å²) in [6.07, 6.45) is 9.89. The van der Waals surface area contributed by atoms with Gasteiger partial charge in [-0.1, -0.05) is 19.1 Å². The number of carboxylic acid groups (broad SMARTS) is 1. The first kappa shape index (κ1) is 25.3. The average molecular weight is 529 g/mol. The van der Waals surface area contributed by atoms with Crippen LogP contribution < -0.4 is 4.90 Å². The van der Waals surface area contributed by atoms with Gasteiger partial charge in [-0.2, -0.15) is 0 Å². The number of hydrogen-bond acceptors (Lipinski definition) is 6. The number of aromatic nitrogens is 3. The van der Waals surface area contributed by atoms with Gasteiger partial charge in [-0.05, 0) is 68.2 Å². The van der Waals surface area contributed by atoms with E-state index in [1.165, 1.54) is 6.20 Å². The highest BCUT2D eigenvalue weighted by molar-refractivity contribution is 6.02. The summed E-state index contributed by atoms with van der Waals surface area (Å²) < 4.78 is 12.6. The van der Waals surface area contributed by atoms with Crippen molar-refractivity contribution in [1.29, 1.82) is 0 Å². The fourth-order valence-electron chi connectivity index (χ4n) is 5.74. The quantitative estimate of drug-likeness (QED) is 0.341. The summed E-state index contributed by atoms with van der Waals surface area (Å²) in [5, 5.41) is 14.8. The molecule has 2 fully saturated rings. The Morgan fingerprint density at radius 2 is 1.74 bits per heavy atom. The van der Waals surface area contributed by atoms with Gasteiger partial charge in [0.05, 0.1) is 12.0 Å². The Hall–Kier alpha value is -3.98. The molecule has 0 atom stereocenters. The molecule has 1 aliphatic heterocycles. The number of pyridine rings is 1. The number of furan rings is 1. The number of carbonyl (C=O) groups excluding carboxylic acids is 1. The molecule has 3 aromatic heterocycles. The van der Waals surface area contributed by atoms with Crippen LogP contribution in [0.3, 0.4) is 0 Å². The van der Waals surface area contributed by atoms with E-state index in [4.69, 9.17) is 14.3 Å². The van der Waals surface area contributed by atoms with Crippen LogP contribution in [0, 0.1) is 11.8 Å². The molecule has 0 radical (unpaired) electrons. The second-order valence-corrected chi connectivity index (χ2v) is 10.7. The molecule has 0 spiro atoms. The van der Waals surface area contributed by atoms with Gasteiger partial charge in [-0.25, -0.2) is 9.48 Å². The Morgan fingerprint density at radius 1 is 1.00 bits per heavy atom. The van der Waals surface area contributed by atoms with E-state index in [0.29, 0.717) is 43.2 Å². The number of anilines is 1. The standard InChI is InChI=1S/C30H32N4O5/c1-19-2-4-21(5-3-19)29(35)34(24-10-13-38-14-11-24)28-25(30(36)37)18-33(32-28)23-8-6-20(7-9-23)22-16-27-26(31-17-22)12-15-39-27/h6-9,12,15-19,21,24H,2-5,10-11,13-14H2,1H3,(H,36,37)/t19-,21-. The van der Waals surface area contributed by atoms with Crippen LogP contribution in [-0.2, 0) is 9.53 Å². The highest BCUT2D eigenvalue weighted by Gasteiger charge is 2.37. The second-order valence-electron chi connectivity index (χ2n) is 10.7. The molecule has 4 heterocycles. The maximum absolute atomic E-state index is 13.9. The number of hydrogen-bond donors (Lipinski definition) is 1. The van der Waals surface area contributed by atoms with E-state index in [0.717, 1.165) is 42.3 Å². The van der Waals surface area contributed by atoms with E-state index in [9.17, 15) is 14.7 Å². The van der Waals surface area contributed by atoms with Crippen LogP contribution in [0.1, 0.15) is 55.8 Å². The number of aromatic carboxylic acids is 1. The number of carboxylic acids is 1. The first-order chi connectivity index (χ1) is 19.0. The fraction of sp³-hybridized carbons (Fsp3) is 0.400. The molecule has 0 unspecified atom stereocenters. The Morgan fingerprint density at radius 3 is 2.46 bits per heavy atom. The number of nitrogens with zero attached hydrogens (tertiary/aromatic N) is 4. The van der Waals surface area contributed by atoms with Gasteiger partial charge in [-0.15, -0.1) is 5.10 Å². The molecule has 9 nitrogen and oxygen atoms in total. The van der Waals surface area contributed by atoms with Crippen molar-refractivity contribution >= 4 is 28.8 Å². The van der Waals surface area contributed by atoms with Crippen LogP contribution in [-0.4, -0.2) is 51.0 Å². The first-order valence-corrected chi connectivity index (χ1v) is 13.7. The molecule has 1 saturated heterocycles. The summed E-state index contributed by atoms with van der Waals surface area (Å²) in [6.45, 7) is 3.30. The fourth-order valence-corrected chi connectivity index (χ4v) is 5.74. The zero-order chi connectivity index (χ0) is 26.9. The highest BCUT2D eigenvalue weighted by Crippen LogP contribution is 2.34. The monoisotopic (exact) mass is 528 g/mol. The molecule has 39 heavy (non-hydrogen) atoms. The van der Waals surface area contributed by atoms with Crippen molar-refractivity contribution in [3.8, 4) is 16.8 Å². The lowest BCUT2D eigenvalue weighted by Crippen LogP contribution is -2.47. The van der Waals surface area contributed by atoms with Crippen LogP contribution in [0.5, 0.6) is 0 Å². The number of benzene rings is 1. The molecular formula is C30H32N4O5. The normalized spacial score (nSPS) is 20.2. The SMILES string of the molecule is C[C@H]1CC[C@H](C(=O)N(c2nn(-c3ccc(-c4cnc5ccoc5c4)cc3)cc2C(=O)O)C2CCOCC2)CC1. The van der Waals surface area contributed by atoms with E-state index < -0.39 is 5.97 Å². The smallest absolute Gasteiger partial charge is 0.341 e. The number of carbonyl (C=O) groups is 2. The summed E-state index contributed by atoms with van der Waals surface area (Å²) in [5.41, 5.74) is 4.09. The Balaban J connectivity index is 1.33. The van der Waals surface area contributed by atoms with Gasteiger partial charge in [0.1, 0.15) is 11.1 Å². The topological polar surface area (TPSA) is 111 Å². The van der Waals surface area contributed by atoms with Crippen LogP contribution in [0.25, 0.3) is 27.9 Å². The number of ether oxygens (including phenoxy) is 1. The Bertz CT molecular complexity index is 1480. The van der Waals surface area contributed by atoms with Crippen molar-refractivity contribution in [2.45, 2.75) is 51.5 Å². The Kier molecular flexibility index (Phi) is 6.91. The van der Waals surface area contributed by atoms with Gasteiger partial charge >= 0.3 is 5.97 Å². The number of rotatable bonds is 6. The van der Waals surface area contributed by atoms with Crippen molar-refractivity contribution in [2.24, 2.45) is 11.8 Å². The largest absolute Gasteiger partial charge is 0.477 e. The van der Waals surface area contributed by atoms with Gasteiger partial charge < -0.3 is 14.3 Å². The lowest BCUT2D eigenvalue weighted by molar-refractivity contribution is -0.124. The molecule has 1 aromatic carbocycles. The minimum atomic E-state index is -1.10. The molecule has 0 bridgehead atoms. The lowest BCUT2D eigenvalue weighted by atomic mass is 9.82. The molecule has 6 rings (SSSR count). The molecule has 1 saturated carbocycles. The third-order valence-corrected chi connectivity index (χ3v) is 8.08. The van der Waals surface area contributed by atoms with E-state index in [-0.39, 0.29) is 29.2 Å². The summed E-state index contributed by atoms with van der Waals surface area (Å²) >= 11 is 0. The molecule has 1 N–H and O–H groups in total. The minimum absolute atomic E-state index is 0.0160. The highest BCUT2D eigenvalue weighted by atomic mass is 16.5. The van der Waals surface area contributed by atoms with Gasteiger partial charge in [-0.3, -0.25) is 14.7 Å². The average Bonchev–Trinajstić information content (AvgIpc) is 3.62. The number of amides is 1. The molecule has 1 aliphatic carbocycles. The molecule has 202 valence electrons. The van der Waals surface area contributed by atoms with Gasteiger partial charge in [0.25, 0.3) is 0 Å². The van der Waals surface area contributed by atoms with Gasteiger partial charge in [0.2, 0.25) is 5.91 Å². The summed E-state index contributed by atoms with van der Waals surface area (Å²) in [6, 6.07) is 11.3. The predicted octanol–water partition coefficient (Wildman–Crippen LogP) is 5.72. The summed E-state index contributed by atoms with van der Waals surface area (Å²) in [4.78, 5) is 32.4. The summed E-state index contributed by atoms with van der Waals surface area (Å²) in [7, 11) is 0. The second kappa shape index (κ2) is 10.6. The van der Waals surface area contributed by atoms with Crippen molar-refractivity contribution < 1.29 is 23.8 Å². The van der Waals surface area contributed by atoms with E-state index in [1.807, 2.05) is 36.4 Å². The van der Waals surface area contributed by atoms with E-state index >= 15 is 0 Å². The van der Waals surface area contributed by atoms with Crippen molar-refractivity contribution in [3.05, 3.63) is 60.6 Å². The van der Waals surface area contributed by atoms with Crippen LogP contribution in [0.2, 0.25) is 0 Å². The number of fused-ring (bicyclic) bond motifs is 1. The first-order valence-electron chi connectivity index (χ1n) is 13.7. The minimum Gasteiger partial charge on any atom is -0.477 e. The van der Waals surface area contributed by atoms with Crippen molar-refractivity contribution in [1.82, 2.24) is 14.8 Å². The van der Waals surface area contributed by atoms with Gasteiger partial charge in [0, 0.05) is 49.2 Å². The zero-order valence-corrected chi connectivity index (χ0v) is 22.0. The predicted molar refractivity (Wildman–Crippen MR) is 146 cm³/mol. The molecule has 4 aromatic rings. The summed E-state index contributed by atoms with van der Waals surface area (Å²) in [5.74, 6) is -0.408. The van der Waals surface area contributed by atoms with E-state index in [2.05, 4.69) is 11.9 Å². The van der Waals surface area contributed by atoms with Crippen molar-refractivity contribution in [3.63, 3.8) is 0 Å². The third-order valence-electron chi connectivity index (χ3n) is 8.08. The third kappa shape index (κ3) is 5.06. The van der Waals surface area contributed by atoms with Gasteiger partial charge in [0.15, 0.2) is 11.4 Å². The van der Waals surface area contributed by atoms with Crippen LogP contribution >= 0.6 is 0 Å². The van der Waals surface area contributed by atoms with Crippen LogP contribution in [0.15, 0.2) is 59.5 Å². The van der Waals surface area contributed by atoms with Crippen LogP contribution in [0.4, 0.5) is 5.82 Å². The maximum atomic E-state index is 13.9. The molecule has 1 amide bonds. The van der Waals surface area contributed by atoms with Crippen molar-refractivity contribution in [2.75, 3.05) is 18.1 Å². The zero-order valence-electron chi connectivity index (χ0n) is 22.0. The van der Waals surface area contributed by atoms with E-state index in [1.54, 1.807) is 22.0 Å². The molecule has 2 aliphatic rings.